The van der Waals surface area contributed by atoms with Gasteiger partial charge in [-0.1, -0.05) is 12.1 Å². The van der Waals surface area contributed by atoms with Gasteiger partial charge in [0.15, 0.2) is 0 Å². The van der Waals surface area contributed by atoms with Gasteiger partial charge in [0, 0.05) is 13.1 Å². The molecule has 2 N–H and O–H groups in total. The van der Waals surface area contributed by atoms with Crippen LogP contribution >= 0.6 is 0 Å². The first-order valence-electron chi connectivity index (χ1n) is 7.21. The second kappa shape index (κ2) is 5.92. The number of nitrogens with zero attached hydrogens (tertiary/aromatic N) is 3. The highest BCUT2D eigenvalue weighted by Gasteiger charge is 2.34. The Labute approximate surface area is 132 Å². The number of nitrogens with one attached hydrogen (secondary N) is 1. The van der Waals surface area contributed by atoms with Crippen molar-refractivity contribution in [3.8, 4) is 0 Å². The van der Waals surface area contributed by atoms with Crippen LogP contribution in [0.5, 0.6) is 0 Å². The van der Waals surface area contributed by atoms with Crippen LogP contribution in [0.1, 0.15) is 33.0 Å². The van der Waals surface area contributed by atoms with Gasteiger partial charge < -0.3 is 5.21 Å². The van der Waals surface area contributed by atoms with Gasteiger partial charge in [0.25, 0.3) is 17.6 Å². The topological polar surface area (TPSA) is 103 Å². The Bertz CT molecular complexity index is 734. The Morgan fingerprint density at radius 2 is 1.78 bits per heavy atom. The minimum Gasteiger partial charge on any atom is -0.594 e. The van der Waals surface area contributed by atoms with Gasteiger partial charge >= 0.3 is 0 Å². The van der Waals surface area contributed by atoms with E-state index in [1.54, 1.807) is 35.8 Å². The number of quaternary nitrogens is 1. The molecule has 3 rings (SSSR count). The number of carbonyl (C=O) groups is 2. The average molecular weight is 316 g/mol. The predicted molar refractivity (Wildman–Crippen MR) is 79.2 cm³/mol. The van der Waals surface area contributed by atoms with Gasteiger partial charge in [-0.15, -0.1) is 0 Å². The van der Waals surface area contributed by atoms with Crippen molar-refractivity contribution in [3.05, 3.63) is 52.6 Å². The van der Waals surface area contributed by atoms with Crippen LogP contribution in [0.3, 0.4) is 0 Å². The number of hydrogen-bond donors (Lipinski definition) is 2. The SMILES string of the molecule is Cc1ncc([NH+]([O-])O)n1CCCN1C(=O)c2ccccc2C1=O. The summed E-state index contributed by atoms with van der Waals surface area (Å²) in [7, 11) is 0. The van der Waals surface area contributed by atoms with Crippen molar-refractivity contribution in [1.29, 1.82) is 0 Å². The molecule has 2 heterocycles. The van der Waals surface area contributed by atoms with E-state index < -0.39 is 5.23 Å². The summed E-state index contributed by atoms with van der Waals surface area (Å²) < 4.78 is 1.57. The number of aryl methyl sites for hydroxylation is 1. The van der Waals surface area contributed by atoms with E-state index >= 15 is 0 Å². The highest BCUT2D eigenvalue weighted by atomic mass is 16.8. The molecule has 1 aromatic carbocycles. The molecule has 1 aliphatic heterocycles. The van der Waals surface area contributed by atoms with Crippen molar-refractivity contribution in [2.45, 2.75) is 19.9 Å². The van der Waals surface area contributed by atoms with Gasteiger partial charge in [0.2, 0.25) is 0 Å². The molecule has 1 atom stereocenters. The number of fused-ring (bicyclic) bond motifs is 1. The van der Waals surface area contributed by atoms with Crippen molar-refractivity contribution in [2.75, 3.05) is 6.54 Å². The van der Waals surface area contributed by atoms with Gasteiger partial charge in [0.05, 0.1) is 11.1 Å². The lowest BCUT2D eigenvalue weighted by Crippen LogP contribution is -2.99. The number of amides is 2. The molecule has 0 aliphatic carbocycles. The monoisotopic (exact) mass is 316 g/mol. The summed E-state index contributed by atoms with van der Waals surface area (Å²) in [6, 6.07) is 6.72. The quantitative estimate of drug-likeness (QED) is 0.609. The second-order valence-corrected chi connectivity index (χ2v) is 5.31. The number of carbonyl (C=O) groups excluding carboxylic acids is 2. The largest absolute Gasteiger partial charge is 0.594 e. The van der Waals surface area contributed by atoms with E-state index in [0.717, 1.165) is 0 Å². The van der Waals surface area contributed by atoms with Crippen LogP contribution in [-0.2, 0) is 6.54 Å². The lowest BCUT2D eigenvalue weighted by atomic mass is 10.1. The van der Waals surface area contributed by atoms with E-state index in [1.165, 1.54) is 11.1 Å². The Kier molecular flexibility index (Phi) is 3.95. The maximum atomic E-state index is 12.2. The van der Waals surface area contributed by atoms with E-state index in [2.05, 4.69) is 4.98 Å². The van der Waals surface area contributed by atoms with Crippen LogP contribution in [-0.4, -0.2) is 38.0 Å². The van der Waals surface area contributed by atoms with Crippen LogP contribution in [0.25, 0.3) is 0 Å². The fourth-order valence-corrected chi connectivity index (χ4v) is 2.75. The molecule has 23 heavy (non-hydrogen) atoms. The fourth-order valence-electron chi connectivity index (χ4n) is 2.75. The lowest BCUT2D eigenvalue weighted by molar-refractivity contribution is -0.994. The van der Waals surface area contributed by atoms with Gasteiger partial charge in [-0.3, -0.25) is 19.1 Å². The van der Waals surface area contributed by atoms with Crippen LogP contribution in [0.4, 0.5) is 5.82 Å². The molecule has 1 aliphatic rings. The van der Waals surface area contributed by atoms with Crippen molar-refractivity contribution in [2.24, 2.45) is 0 Å². The minimum atomic E-state index is -1.05. The second-order valence-electron chi connectivity index (χ2n) is 5.31. The molecule has 1 unspecified atom stereocenters. The molecule has 120 valence electrons. The number of rotatable bonds is 5. The van der Waals surface area contributed by atoms with Gasteiger partial charge in [-0.2, -0.15) is 5.23 Å². The molecule has 8 heteroatoms. The average Bonchev–Trinajstić information content (AvgIpc) is 3.01. The van der Waals surface area contributed by atoms with Crippen LogP contribution in [0.15, 0.2) is 30.5 Å². The Morgan fingerprint density at radius 1 is 1.17 bits per heavy atom. The molecule has 0 saturated carbocycles. The summed E-state index contributed by atoms with van der Waals surface area (Å²) in [6.45, 7) is 2.33. The number of aromatic nitrogens is 2. The number of imidazole rings is 1. The van der Waals surface area contributed by atoms with Crippen molar-refractivity contribution in [1.82, 2.24) is 14.5 Å². The van der Waals surface area contributed by atoms with Crippen LogP contribution in [0.2, 0.25) is 0 Å². The fraction of sp³-hybridized carbons (Fsp3) is 0.267. The zero-order valence-electron chi connectivity index (χ0n) is 12.5. The third-order valence-corrected chi connectivity index (χ3v) is 3.92. The van der Waals surface area contributed by atoms with E-state index in [0.29, 0.717) is 29.9 Å². The summed E-state index contributed by atoms with van der Waals surface area (Å²) in [5.74, 6) is 0.0902. The summed E-state index contributed by atoms with van der Waals surface area (Å²) in [6.07, 6.45) is 1.77. The first kappa shape index (κ1) is 15.3. The maximum Gasteiger partial charge on any atom is 0.261 e. The molecular formula is C15H16N4O4. The first-order chi connectivity index (χ1) is 11.0. The summed E-state index contributed by atoms with van der Waals surface area (Å²) in [4.78, 5) is 29.7. The summed E-state index contributed by atoms with van der Waals surface area (Å²) in [5.41, 5.74) is 0.838. The molecule has 2 amide bonds. The van der Waals surface area contributed by atoms with Crippen molar-refractivity contribution >= 4 is 17.6 Å². The standard InChI is InChI=1S/C15H16N4O4/c1-10-16-9-13(19(22)23)17(10)7-4-8-18-14(20)11-5-2-3-6-12(11)15(18)21/h2-3,5-6,9,19,22H,4,7-8H2,1H3. The highest BCUT2D eigenvalue weighted by molar-refractivity contribution is 6.21. The molecule has 2 aromatic rings. The Hall–Kier alpha value is -2.55. The maximum absolute atomic E-state index is 12.2. The first-order valence-corrected chi connectivity index (χ1v) is 7.21. The Balaban J connectivity index is 1.68. The van der Waals surface area contributed by atoms with Gasteiger partial charge in [-0.05, 0) is 25.5 Å². The summed E-state index contributed by atoms with van der Waals surface area (Å²) in [5, 5.41) is 19.2. The zero-order valence-corrected chi connectivity index (χ0v) is 12.5. The highest BCUT2D eigenvalue weighted by Crippen LogP contribution is 2.22. The van der Waals surface area contributed by atoms with Gasteiger partial charge in [0.1, 0.15) is 12.0 Å². The molecule has 0 radical (unpaired) electrons. The van der Waals surface area contributed by atoms with Crippen LogP contribution < -0.4 is 5.23 Å². The molecule has 8 nitrogen and oxygen atoms in total. The third-order valence-electron chi connectivity index (χ3n) is 3.92. The van der Waals surface area contributed by atoms with Gasteiger partial charge in [-0.25, -0.2) is 10.2 Å². The van der Waals surface area contributed by atoms with Crippen molar-refractivity contribution in [3.63, 3.8) is 0 Å². The molecule has 0 fully saturated rings. The minimum absolute atomic E-state index is 0.102. The van der Waals surface area contributed by atoms with Crippen LogP contribution in [0, 0.1) is 12.1 Å². The number of benzene rings is 1. The van der Waals surface area contributed by atoms with E-state index in [4.69, 9.17) is 5.21 Å². The molecular weight excluding hydrogens is 300 g/mol. The molecule has 0 bridgehead atoms. The number of imide groups is 1. The number of hydrogen-bond acceptors (Lipinski definition) is 5. The smallest absolute Gasteiger partial charge is 0.261 e. The van der Waals surface area contributed by atoms with E-state index in [-0.39, 0.29) is 24.2 Å². The molecule has 0 saturated heterocycles. The normalized spacial score (nSPS) is 15.2. The molecule has 0 spiro atoms. The zero-order chi connectivity index (χ0) is 16.6. The predicted octanol–water partition coefficient (Wildman–Crippen LogP) is 0.281. The van der Waals surface area contributed by atoms with E-state index in [1.807, 2.05) is 0 Å². The molecule has 1 aromatic heterocycles. The summed E-state index contributed by atoms with van der Waals surface area (Å²) >= 11 is 0. The van der Waals surface area contributed by atoms with Crippen molar-refractivity contribution < 1.29 is 20.0 Å². The van der Waals surface area contributed by atoms with E-state index in [9.17, 15) is 14.8 Å². The Morgan fingerprint density at radius 3 is 2.35 bits per heavy atom. The third kappa shape index (κ3) is 2.63. The lowest BCUT2D eigenvalue weighted by Gasteiger charge is -2.17.